The molecule has 1 amide bonds. The summed E-state index contributed by atoms with van der Waals surface area (Å²) in [5.41, 5.74) is 11.0. The highest BCUT2D eigenvalue weighted by Crippen LogP contribution is 2.27. The molecule has 0 radical (unpaired) electrons. The van der Waals surface area contributed by atoms with Crippen LogP contribution >= 0.6 is 0 Å². The molecule has 34 heavy (non-hydrogen) atoms. The molecule has 0 bridgehead atoms. The number of benzene rings is 3. The molecular formula is C27H24N6O. The van der Waals surface area contributed by atoms with E-state index in [1.807, 2.05) is 48.5 Å². The third-order valence-corrected chi connectivity index (χ3v) is 5.94. The molecule has 1 aliphatic carbocycles. The second kappa shape index (κ2) is 9.22. The van der Waals surface area contributed by atoms with Gasteiger partial charge in [-0.1, -0.05) is 12.1 Å². The van der Waals surface area contributed by atoms with E-state index in [-0.39, 0.29) is 11.9 Å². The Kier molecular flexibility index (Phi) is 5.81. The van der Waals surface area contributed by atoms with E-state index < -0.39 is 0 Å². The fraction of sp³-hybridized carbons (Fsp3) is 0.148. The van der Waals surface area contributed by atoms with Crippen LogP contribution in [0.2, 0.25) is 0 Å². The highest BCUT2D eigenvalue weighted by molar-refractivity contribution is 6.05. The molecule has 1 saturated carbocycles. The van der Waals surface area contributed by atoms with Crippen molar-refractivity contribution in [3.63, 3.8) is 0 Å². The van der Waals surface area contributed by atoms with Gasteiger partial charge < -0.3 is 21.7 Å². The van der Waals surface area contributed by atoms with E-state index in [0.717, 1.165) is 46.5 Å². The van der Waals surface area contributed by atoms with Gasteiger partial charge in [-0.15, -0.1) is 0 Å². The van der Waals surface area contributed by atoms with E-state index >= 15 is 0 Å². The molecule has 7 heteroatoms. The van der Waals surface area contributed by atoms with Crippen LogP contribution in [0.3, 0.4) is 0 Å². The van der Waals surface area contributed by atoms with E-state index in [9.17, 15) is 10.1 Å². The van der Waals surface area contributed by atoms with Crippen LogP contribution in [-0.2, 0) is 0 Å². The lowest BCUT2D eigenvalue weighted by molar-refractivity contribution is 0.102. The van der Waals surface area contributed by atoms with Crippen molar-refractivity contribution in [3.8, 4) is 6.07 Å². The van der Waals surface area contributed by atoms with Crippen molar-refractivity contribution in [2.45, 2.75) is 24.9 Å². The number of nitrogens with two attached hydrogens (primary N) is 1. The number of nitrogens with one attached hydrogen (secondary N) is 3. The van der Waals surface area contributed by atoms with E-state index in [0.29, 0.717) is 17.2 Å². The molecule has 168 valence electrons. The molecule has 7 nitrogen and oxygen atoms in total. The summed E-state index contributed by atoms with van der Waals surface area (Å²) in [5, 5.41) is 19.9. The fourth-order valence-corrected chi connectivity index (χ4v) is 4.12. The molecule has 1 aromatic heterocycles. The first-order valence-corrected chi connectivity index (χ1v) is 11.2. The van der Waals surface area contributed by atoms with Crippen molar-refractivity contribution < 1.29 is 4.79 Å². The minimum atomic E-state index is -0.196. The Morgan fingerprint density at radius 2 is 1.76 bits per heavy atom. The number of hydrogen-bond donors (Lipinski definition) is 4. The lowest BCUT2D eigenvalue weighted by atomic mass is 9.87. The smallest absolute Gasteiger partial charge is 0.255 e. The molecule has 1 aliphatic rings. The first-order valence-electron chi connectivity index (χ1n) is 11.2. The van der Waals surface area contributed by atoms with Gasteiger partial charge in [-0.2, -0.15) is 5.26 Å². The monoisotopic (exact) mass is 448 g/mol. The number of amides is 1. The van der Waals surface area contributed by atoms with E-state index in [4.69, 9.17) is 5.73 Å². The zero-order valence-corrected chi connectivity index (χ0v) is 18.5. The predicted molar refractivity (Wildman–Crippen MR) is 135 cm³/mol. The van der Waals surface area contributed by atoms with Crippen LogP contribution in [0.25, 0.3) is 10.9 Å². The van der Waals surface area contributed by atoms with Crippen molar-refractivity contribution >= 4 is 39.6 Å². The number of hydrogen-bond acceptors (Lipinski definition) is 6. The molecule has 4 aromatic rings. The lowest BCUT2D eigenvalue weighted by Crippen LogP contribution is -2.44. The van der Waals surface area contributed by atoms with Gasteiger partial charge >= 0.3 is 0 Å². The Morgan fingerprint density at radius 3 is 2.59 bits per heavy atom. The Balaban J connectivity index is 1.31. The maximum absolute atomic E-state index is 12.9. The molecule has 0 aliphatic heterocycles. The summed E-state index contributed by atoms with van der Waals surface area (Å²) >= 11 is 0. The maximum atomic E-state index is 12.9. The van der Waals surface area contributed by atoms with Crippen molar-refractivity contribution in [2.75, 3.05) is 16.0 Å². The van der Waals surface area contributed by atoms with Crippen molar-refractivity contribution in [2.24, 2.45) is 5.73 Å². The minimum absolute atomic E-state index is 0.196. The number of nitrogens with zero attached hydrogens (tertiary/aromatic N) is 2. The van der Waals surface area contributed by atoms with Gasteiger partial charge in [-0.25, -0.2) is 0 Å². The first-order chi connectivity index (χ1) is 16.6. The number of rotatable bonds is 6. The normalized spacial score (nSPS) is 16.8. The van der Waals surface area contributed by atoms with Crippen LogP contribution in [0, 0.1) is 11.3 Å². The van der Waals surface area contributed by atoms with Gasteiger partial charge in [0.15, 0.2) is 0 Å². The summed E-state index contributed by atoms with van der Waals surface area (Å²) in [6.45, 7) is 0. The SMILES string of the molecule is N#Cc1ccc2nccc(Nc3cccc(C(=O)Nc4cccc(NC5CC(N)C5)c4)c3)c2c1. The number of carbonyl (C=O) groups excluding carboxylic acids is 1. The number of pyridine rings is 1. The van der Waals surface area contributed by atoms with Gasteiger partial charge in [0.1, 0.15) is 0 Å². The summed E-state index contributed by atoms with van der Waals surface area (Å²) < 4.78 is 0. The quantitative estimate of drug-likeness (QED) is 0.330. The standard InChI is InChI=1S/C27H24N6O/c28-16-17-7-8-25-24(11-17)26(9-10-30-25)32-20-4-1-3-18(12-20)27(34)33-22-6-2-5-21(15-22)31-23-13-19(29)14-23/h1-12,15,19,23,31H,13-14,29H2,(H,30,32)(H,33,34). The molecule has 3 aromatic carbocycles. The summed E-state index contributed by atoms with van der Waals surface area (Å²) in [6.07, 6.45) is 3.63. The minimum Gasteiger partial charge on any atom is -0.382 e. The molecule has 1 fully saturated rings. The van der Waals surface area contributed by atoms with Gasteiger partial charge in [-0.3, -0.25) is 9.78 Å². The van der Waals surface area contributed by atoms with Gasteiger partial charge in [0.05, 0.1) is 17.1 Å². The van der Waals surface area contributed by atoms with Gasteiger partial charge in [0.2, 0.25) is 0 Å². The second-order valence-corrected chi connectivity index (χ2v) is 8.52. The largest absolute Gasteiger partial charge is 0.382 e. The molecule has 0 spiro atoms. The summed E-state index contributed by atoms with van der Waals surface area (Å²) in [4.78, 5) is 17.3. The third kappa shape index (κ3) is 4.68. The number of anilines is 4. The lowest BCUT2D eigenvalue weighted by Gasteiger charge is -2.33. The summed E-state index contributed by atoms with van der Waals surface area (Å²) in [7, 11) is 0. The molecule has 5 rings (SSSR count). The molecular weight excluding hydrogens is 424 g/mol. The molecule has 0 atom stereocenters. The summed E-state index contributed by atoms with van der Waals surface area (Å²) in [6, 6.07) is 25.1. The van der Waals surface area contributed by atoms with Crippen molar-refractivity contribution in [1.82, 2.24) is 4.98 Å². The Morgan fingerprint density at radius 1 is 0.971 bits per heavy atom. The van der Waals surface area contributed by atoms with Crippen LogP contribution in [0.5, 0.6) is 0 Å². The van der Waals surface area contributed by atoms with Crippen LogP contribution in [0.1, 0.15) is 28.8 Å². The van der Waals surface area contributed by atoms with Gasteiger partial charge in [0.25, 0.3) is 5.91 Å². The maximum Gasteiger partial charge on any atom is 0.255 e. The average molecular weight is 449 g/mol. The second-order valence-electron chi connectivity index (χ2n) is 8.52. The van der Waals surface area contributed by atoms with Crippen LogP contribution in [0.15, 0.2) is 79.0 Å². The van der Waals surface area contributed by atoms with Crippen LogP contribution < -0.4 is 21.7 Å². The van der Waals surface area contributed by atoms with E-state index in [1.165, 1.54) is 0 Å². The summed E-state index contributed by atoms with van der Waals surface area (Å²) in [5.74, 6) is -0.196. The third-order valence-electron chi connectivity index (χ3n) is 5.94. The Hall–Kier alpha value is -4.41. The number of fused-ring (bicyclic) bond motifs is 1. The number of aromatic nitrogens is 1. The highest BCUT2D eigenvalue weighted by atomic mass is 16.1. The average Bonchev–Trinajstić information content (AvgIpc) is 2.83. The predicted octanol–water partition coefficient (Wildman–Crippen LogP) is 5.00. The molecule has 0 saturated heterocycles. The fourth-order valence-electron chi connectivity index (χ4n) is 4.12. The molecule has 1 heterocycles. The number of nitriles is 1. The van der Waals surface area contributed by atoms with Crippen molar-refractivity contribution in [3.05, 3.63) is 90.1 Å². The van der Waals surface area contributed by atoms with E-state index in [2.05, 4.69) is 27.0 Å². The topological polar surface area (TPSA) is 116 Å². The van der Waals surface area contributed by atoms with Crippen LogP contribution in [-0.4, -0.2) is 23.0 Å². The Bertz CT molecular complexity index is 1400. The first kappa shape index (κ1) is 21.4. The zero-order valence-electron chi connectivity index (χ0n) is 18.5. The van der Waals surface area contributed by atoms with Crippen LogP contribution in [0.4, 0.5) is 22.7 Å². The van der Waals surface area contributed by atoms with E-state index in [1.54, 1.807) is 30.5 Å². The van der Waals surface area contributed by atoms with Gasteiger partial charge in [-0.05, 0) is 73.5 Å². The van der Waals surface area contributed by atoms with Gasteiger partial charge in [0, 0.05) is 52.0 Å². The number of carbonyl (C=O) groups is 1. The van der Waals surface area contributed by atoms with Crippen molar-refractivity contribution in [1.29, 1.82) is 5.26 Å². The Labute approximate surface area is 197 Å². The molecule has 5 N–H and O–H groups in total. The highest BCUT2D eigenvalue weighted by Gasteiger charge is 2.25. The molecule has 0 unspecified atom stereocenters. The zero-order chi connectivity index (χ0) is 23.5.